The molecule has 0 radical (unpaired) electrons. The maximum absolute atomic E-state index is 13.1. The molecule has 2 heterocycles. The fraction of sp³-hybridized carbons (Fsp3) is 0.517. The molecule has 1 saturated carbocycles. The zero-order chi connectivity index (χ0) is 24.5. The Morgan fingerprint density at radius 2 is 1.54 bits per heavy atom. The van der Waals surface area contributed by atoms with Crippen LogP contribution in [0.4, 0.5) is 0 Å². The number of rotatable bonds is 5. The molecule has 2 aliphatic heterocycles. The smallest absolute Gasteiger partial charge is 0.253 e. The number of hydrogen-bond acceptors (Lipinski definition) is 4. The minimum absolute atomic E-state index is 0.000477. The Morgan fingerprint density at radius 3 is 2.11 bits per heavy atom. The van der Waals surface area contributed by atoms with E-state index in [4.69, 9.17) is 0 Å². The summed E-state index contributed by atoms with van der Waals surface area (Å²) in [6.45, 7) is 2.76. The van der Waals surface area contributed by atoms with Gasteiger partial charge < -0.3 is 14.9 Å². The van der Waals surface area contributed by atoms with Gasteiger partial charge in [0.2, 0.25) is 5.91 Å². The average molecular weight is 476 g/mol. The van der Waals surface area contributed by atoms with Gasteiger partial charge in [0.15, 0.2) is 0 Å². The molecule has 6 nitrogen and oxygen atoms in total. The van der Waals surface area contributed by atoms with Gasteiger partial charge in [0.25, 0.3) is 5.91 Å². The van der Waals surface area contributed by atoms with Gasteiger partial charge in [-0.2, -0.15) is 0 Å². The normalized spacial score (nSPS) is 25.0. The summed E-state index contributed by atoms with van der Waals surface area (Å²) in [6, 6.07) is 16.7. The van der Waals surface area contributed by atoms with Crippen LogP contribution in [0.3, 0.4) is 0 Å². The number of carbonyl (C=O) groups is 2. The molecular formula is C29H37N3O3. The minimum Gasteiger partial charge on any atom is -0.395 e. The van der Waals surface area contributed by atoms with Crippen LogP contribution in [0, 0.1) is 5.92 Å². The highest BCUT2D eigenvalue weighted by Gasteiger charge is 2.49. The van der Waals surface area contributed by atoms with Crippen LogP contribution < -0.4 is 0 Å². The second kappa shape index (κ2) is 10.1. The van der Waals surface area contributed by atoms with E-state index in [1.807, 2.05) is 24.3 Å². The molecule has 0 aromatic heterocycles. The number of aliphatic hydroxyl groups is 1. The number of aliphatic hydroxyl groups excluding tert-OH is 1. The third-order valence-corrected chi connectivity index (χ3v) is 8.30. The van der Waals surface area contributed by atoms with Crippen molar-refractivity contribution in [2.24, 2.45) is 5.92 Å². The second-order valence-electron chi connectivity index (χ2n) is 10.6. The van der Waals surface area contributed by atoms with E-state index in [2.05, 4.69) is 34.1 Å². The van der Waals surface area contributed by atoms with Crippen LogP contribution in [-0.4, -0.2) is 84.0 Å². The first kappa shape index (κ1) is 24.0. The Kier molecular flexibility index (Phi) is 6.94. The number of carbonyl (C=O) groups excluding carboxylic acids is 2. The SMILES string of the molecule is CN(C)C(=O)c1ccc(-c2ccc([C@H]3[C@H](CO)N4CCCCN(C(=O)C5CCC5)C[C@@H]34)cc2)cc1. The van der Waals surface area contributed by atoms with Crippen molar-refractivity contribution < 1.29 is 14.7 Å². The number of amides is 2. The molecule has 5 rings (SSSR count). The monoisotopic (exact) mass is 475 g/mol. The number of benzene rings is 2. The quantitative estimate of drug-likeness (QED) is 0.718. The van der Waals surface area contributed by atoms with Gasteiger partial charge in [-0.3, -0.25) is 14.5 Å². The topological polar surface area (TPSA) is 64.1 Å². The van der Waals surface area contributed by atoms with E-state index < -0.39 is 0 Å². The zero-order valence-corrected chi connectivity index (χ0v) is 20.9. The average Bonchev–Trinajstić information content (AvgIpc) is 2.82. The summed E-state index contributed by atoms with van der Waals surface area (Å²) >= 11 is 0. The van der Waals surface area contributed by atoms with Crippen molar-refractivity contribution in [1.82, 2.24) is 14.7 Å². The molecule has 1 N–H and O–H groups in total. The van der Waals surface area contributed by atoms with Gasteiger partial charge in [-0.15, -0.1) is 0 Å². The van der Waals surface area contributed by atoms with Crippen LogP contribution in [0.15, 0.2) is 48.5 Å². The molecule has 0 unspecified atom stereocenters. The summed E-state index contributed by atoms with van der Waals surface area (Å²) in [6.07, 6.45) is 5.36. The summed E-state index contributed by atoms with van der Waals surface area (Å²) in [5, 5.41) is 10.2. The van der Waals surface area contributed by atoms with Crippen LogP contribution in [0.5, 0.6) is 0 Å². The van der Waals surface area contributed by atoms with Gasteiger partial charge in [0, 0.05) is 56.7 Å². The van der Waals surface area contributed by atoms with Crippen molar-refractivity contribution in [3.05, 3.63) is 59.7 Å². The molecule has 2 aromatic carbocycles. The van der Waals surface area contributed by atoms with Crippen molar-refractivity contribution in [2.45, 2.75) is 50.1 Å². The Hall–Kier alpha value is -2.70. The molecule has 0 spiro atoms. The minimum atomic E-state index is 0.000477. The summed E-state index contributed by atoms with van der Waals surface area (Å²) in [7, 11) is 3.52. The molecule has 3 atom stereocenters. The van der Waals surface area contributed by atoms with E-state index in [0.29, 0.717) is 11.5 Å². The van der Waals surface area contributed by atoms with Gasteiger partial charge >= 0.3 is 0 Å². The number of fused-ring (bicyclic) bond motifs is 1. The number of nitrogens with zero attached hydrogens (tertiary/aromatic N) is 3. The molecular weight excluding hydrogens is 438 g/mol. The summed E-state index contributed by atoms with van der Waals surface area (Å²) in [5.74, 6) is 0.800. The third kappa shape index (κ3) is 4.62. The van der Waals surface area contributed by atoms with E-state index in [-0.39, 0.29) is 36.4 Å². The lowest BCUT2D eigenvalue weighted by Gasteiger charge is -2.57. The van der Waals surface area contributed by atoms with Crippen LogP contribution in [0.25, 0.3) is 11.1 Å². The fourth-order valence-electron chi connectivity index (χ4n) is 6.02. The molecule has 3 aliphatic rings. The van der Waals surface area contributed by atoms with E-state index >= 15 is 0 Å². The lowest BCUT2D eigenvalue weighted by Crippen LogP contribution is -2.68. The van der Waals surface area contributed by atoms with Crippen LogP contribution >= 0.6 is 0 Å². The van der Waals surface area contributed by atoms with Crippen molar-refractivity contribution in [3.63, 3.8) is 0 Å². The summed E-state index contributed by atoms with van der Waals surface area (Å²) in [4.78, 5) is 31.4. The largest absolute Gasteiger partial charge is 0.395 e. The lowest BCUT2D eigenvalue weighted by molar-refractivity contribution is -0.143. The summed E-state index contributed by atoms with van der Waals surface area (Å²) < 4.78 is 0. The van der Waals surface area contributed by atoms with E-state index in [9.17, 15) is 14.7 Å². The van der Waals surface area contributed by atoms with Crippen molar-refractivity contribution in [1.29, 1.82) is 0 Å². The highest BCUT2D eigenvalue weighted by Crippen LogP contribution is 2.43. The molecule has 2 saturated heterocycles. The van der Waals surface area contributed by atoms with E-state index in [1.165, 1.54) is 12.0 Å². The third-order valence-electron chi connectivity index (χ3n) is 8.30. The van der Waals surface area contributed by atoms with Gasteiger partial charge in [0.1, 0.15) is 0 Å². The van der Waals surface area contributed by atoms with E-state index in [1.54, 1.807) is 19.0 Å². The van der Waals surface area contributed by atoms with Crippen molar-refractivity contribution >= 4 is 11.8 Å². The van der Waals surface area contributed by atoms with Crippen molar-refractivity contribution in [3.8, 4) is 11.1 Å². The predicted octanol–water partition coefficient (Wildman–Crippen LogP) is 3.61. The summed E-state index contributed by atoms with van der Waals surface area (Å²) in [5.41, 5.74) is 4.09. The molecule has 6 heteroatoms. The Bertz CT molecular complexity index is 1050. The molecule has 186 valence electrons. The van der Waals surface area contributed by atoms with Gasteiger partial charge in [-0.25, -0.2) is 0 Å². The van der Waals surface area contributed by atoms with Crippen molar-refractivity contribution in [2.75, 3.05) is 40.3 Å². The molecule has 35 heavy (non-hydrogen) atoms. The second-order valence-corrected chi connectivity index (χ2v) is 10.6. The molecule has 2 amide bonds. The maximum atomic E-state index is 13.1. The molecule has 2 aromatic rings. The fourth-order valence-corrected chi connectivity index (χ4v) is 6.02. The zero-order valence-electron chi connectivity index (χ0n) is 20.9. The highest BCUT2D eigenvalue weighted by molar-refractivity contribution is 5.94. The first-order chi connectivity index (χ1) is 17.0. The Morgan fingerprint density at radius 1 is 0.914 bits per heavy atom. The maximum Gasteiger partial charge on any atom is 0.253 e. The molecule has 0 bridgehead atoms. The first-order valence-corrected chi connectivity index (χ1v) is 13.1. The lowest BCUT2D eigenvalue weighted by atomic mass is 9.74. The molecule has 1 aliphatic carbocycles. The van der Waals surface area contributed by atoms with Gasteiger partial charge in [-0.1, -0.05) is 42.8 Å². The molecule has 3 fully saturated rings. The van der Waals surface area contributed by atoms with Crippen LogP contribution in [0.1, 0.15) is 53.9 Å². The first-order valence-electron chi connectivity index (χ1n) is 13.1. The Balaban J connectivity index is 1.33. The van der Waals surface area contributed by atoms with Gasteiger partial charge in [0.05, 0.1) is 6.61 Å². The van der Waals surface area contributed by atoms with Gasteiger partial charge in [-0.05, 0) is 61.1 Å². The van der Waals surface area contributed by atoms with Crippen LogP contribution in [0.2, 0.25) is 0 Å². The van der Waals surface area contributed by atoms with Crippen LogP contribution in [-0.2, 0) is 4.79 Å². The standard InChI is InChI=1S/C29H37N3O3/c1-30(2)28(34)24-14-10-21(11-15-24)20-8-12-22(13-9-20)27-25-18-31(29(35)23-6-5-7-23)16-3-4-17-32(25)26(27)19-33/h8-15,23,25-27,33H,3-7,16-19H2,1-2H3/t25-,26-,27+/m0/s1. The predicted molar refractivity (Wildman–Crippen MR) is 137 cm³/mol. The Labute approximate surface area is 208 Å². The highest BCUT2D eigenvalue weighted by atomic mass is 16.3. The number of hydrogen-bond donors (Lipinski definition) is 1. The van der Waals surface area contributed by atoms with E-state index in [0.717, 1.165) is 56.4 Å².